The predicted octanol–water partition coefficient (Wildman–Crippen LogP) is 3.68. The summed E-state index contributed by atoms with van der Waals surface area (Å²) < 4.78 is 38.3. The summed E-state index contributed by atoms with van der Waals surface area (Å²) in [5, 5.41) is 3.38. The Balaban J connectivity index is 1.53. The first-order valence-electron chi connectivity index (χ1n) is 13.5. The van der Waals surface area contributed by atoms with E-state index in [1.165, 1.54) is 33.5 Å². The molecule has 0 spiro atoms. The second-order valence-corrected chi connectivity index (χ2v) is 12.0. The van der Waals surface area contributed by atoms with Crippen LogP contribution < -0.4 is 10.1 Å². The number of sulfonamides is 1. The van der Waals surface area contributed by atoms with Crippen LogP contribution in [0.5, 0.6) is 5.75 Å². The van der Waals surface area contributed by atoms with E-state index in [1.807, 2.05) is 30.3 Å². The topological polar surface area (TPSA) is 105 Å². The van der Waals surface area contributed by atoms with Crippen molar-refractivity contribution >= 4 is 33.4 Å². The standard InChI is InChI=1S/C31H34ClN3O6S/c1-2-16-33-31(37)29(21-24-6-4-3-5-7-24)35(22-25-8-10-26(32)11-9-25)30(36)23-41-27-12-14-28(15-13-27)42(38,39)34-17-19-40-20-18-34/h2-15,29H,1,16-23H2,(H,33,37)/t29-/m0/s1. The lowest BCUT2D eigenvalue weighted by Gasteiger charge is -2.31. The van der Waals surface area contributed by atoms with Gasteiger partial charge in [-0.15, -0.1) is 6.58 Å². The van der Waals surface area contributed by atoms with Gasteiger partial charge in [-0.25, -0.2) is 8.42 Å². The Labute approximate surface area is 251 Å². The molecule has 1 saturated heterocycles. The van der Waals surface area contributed by atoms with Crippen molar-refractivity contribution in [1.29, 1.82) is 0 Å². The number of rotatable bonds is 13. The van der Waals surface area contributed by atoms with Gasteiger partial charge in [0.25, 0.3) is 5.91 Å². The maximum absolute atomic E-state index is 13.7. The molecule has 2 amide bonds. The molecule has 0 bridgehead atoms. The van der Waals surface area contributed by atoms with Crippen molar-refractivity contribution in [3.8, 4) is 5.75 Å². The fourth-order valence-corrected chi connectivity index (χ4v) is 6.04. The second-order valence-electron chi connectivity index (χ2n) is 9.66. The minimum Gasteiger partial charge on any atom is -0.484 e. The van der Waals surface area contributed by atoms with Crippen LogP contribution in [0.3, 0.4) is 0 Å². The highest BCUT2D eigenvalue weighted by Gasteiger charge is 2.31. The highest BCUT2D eigenvalue weighted by Crippen LogP contribution is 2.22. The van der Waals surface area contributed by atoms with Crippen LogP contribution in [-0.2, 0) is 37.3 Å². The van der Waals surface area contributed by atoms with E-state index < -0.39 is 22.0 Å². The Morgan fingerprint density at radius 3 is 2.31 bits per heavy atom. The van der Waals surface area contributed by atoms with E-state index in [2.05, 4.69) is 11.9 Å². The summed E-state index contributed by atoms with van der Waals surface area (Å²) in [4.78, 5) is 28.7. The highest BCUT2D eigenvalue weighted by molar-refractivity contribution is 7.89. The van der Waals surface area contributed by atoms with Gasteiger partial charge in [-0.1, -0.05) is 60.1 Å². The molecule has 1 N–H and O–H groups in total. The molecule has 4 rings (SSSR count). The monoisotopic (exact) mass is 611 g/mol. The molecule has 9 nitrogen and oxygen atoms in total. The van der Waals surface area contributed by atoms with E-state index in [1.54, 1.807) is 30.3 Å². The summed E-state index contributed by atoms with van der Waals surface area (Å²) >= 11 is 6.07. The molecule has 0 radical (unpaired) electrons. The summed E-state index contributed by atoms with van der Waals surface area (Å²) in [5.41, 5.74) is 1.68. The van der Waals surface area contributed by atoms with Crippen molar-refractivity contribution in [2.45, 2.75) is 23.9 Å². The number of hydrogen-bond donors (Lipinski definition) is 1. The highest BCUT2D eigenvalue weighted by atomic mass is 35.5. The molecule has 0 saturated carbocycles. The van der Waals surface area contributed by atoms with E-state index in [-0.39, 0.29) is 36.9 Å². The van der Waals surface area contributed by atoms with Crippen LogP contribution in [0.25, 0.3) is 0 Å². The van der Waals surface area contributed by atoms with Crippen molar-refractivity contribution in [2.24, 2.45) is 0 Å². The van der Waals surface area contributed by atoms with Crippen molar-refractivity contribution in [3.05, 3.63) is 108 Å². The molecule has 222 valence electrons. The zero-order chi connectivity index (χ0) is 30.0. The van der Waals surface area contributed by atoms with Crippen LogP contribution in [0.1, 0.15) is 11.1 Å². The largest absolute Gasteiger partial charge is 0.484 e. The normalized spacial score (nSPS) is 14.5. The number of nitrogens with one attached hydrogen (secondary N) is 1. The average Bonchev–Trinajstić information content (AvgIpc) is 3.02. The van der Waals surface area contributed by atoms with E-state index in [0.717, 1.165) is 11.1 Å². The van der Waals surface area contributed by atoms with Gasteiger partial charge in [0.2, 0.25) is 15.9 Å². The van der Waals surface area contributed by atoms with Crippen LogP contribution >= 0.6 is 11.6 Å². The maximum atomic E-state index is 13.7. The third kappa shape index (κ3) is 8.42. The number of morpholine rings is 1. The van der Waals surface area contributed by atoms with Gasteiger partial charge in [0.15, 0.2) is 6.61 Å². The number of carbonyl (C=O) groups is 2. The van der Waals surface area contributed by atoms with Crippen LogP contribution in [0.4, 0.5) is 0 Å². The number of hydrogen-bond acceptors (Lipinski definition) is 6. The Hall–Kier alpha value is -3.70. The van der Waals surface area contributed by atoms with Crippen molar-refractivity contribution in [2.75, 3.05) is 39.5 Å². The number of benzene rings is 3. The lowest BCUT2D eigenvalue weighted by Crippen LogP contribution is -2.51. The lowest BCUT2D eigenvalue weighted by atomic mass is 10.0. The smallest absolute Gasteiger partial charge is 0.261 e. The first kappa shape index (κ1) is 31.2. The number of amides is 2. The van der Waals surface area contributed by atoms with Crippen LogP contribution in [0.15, 0.2) is 96.4 Å². The number of halogens is 1. The Morgan fingerprint density at radius 2 is 1.67 bits per heavy atom. The zero-order valence-electron chi connectivity index (χ0n) is 23.2. The number of nitrogens with zero attached hydrogens (tertiary/aromatic N) is 2. The first-order valence-corrected chi connectivity index (χ1v) is 15.4. The molecule has 1 heterocycles. The quantitative estimate of drug-likeness (QED) is 0.296. The summed E-state index contributed by atoms with van der Waals surface area (Å²) in [7, 11) is -3.66. The third-order valence-electron chi connectivity index (χ3n) is 6.75. The van der Waals surface area contributed by atoms with Crippen LogP contribution in [-0.4, -0.2) is 74.9 Å². The minimum atomic E-state index is -3.66. The third-order valence-corrected chi connectivity index (χ3v) is 8.92. The molecule has 3 aromatic rings. The minimum absolute atomic E-state index is 0.134. The maximum Gasteiger partial charge on any atom is 0.261 e. The number of ether oxygens (including phenoxy) is 2. The van der Waals surface area contributed by atoms with Crippen molar-refractivity contribution in [1.82, 2.24) is 14.5 Å². The van der Waals surface area contributed by atoms with Gasteiger partial charge in [-0.2, -0.15) is 4.31 Å². The summed E-state index contributed by atoms with van der Waals surface area (Å²) in [5.74, 6) is -0.408. The van der Waals surface area contributed by atoms with Gasteiger partial charge in [-0.05, 0) is 47.5 Å². The summed E-state index contributed by atoms with van der Waals surface area (Å²) in [6, 6.07) is 21.6. The Kier molecular flexibility index (Phi) is 11.1. The molecular formula is C31H34ClN3O6S. The Morgan fingerprint density at radius 1 is 1.00 bits per heavy atom. The van der Waals surface area contributed by atoms with Gasteiger partial charge in [0.05, 0.1) is 18.1 Å². The molecule has 0 aromatic heterocycles. The van der Waals surface area contributed by atoms with E-state index >= 15 is 0 Å². The van der Waals surface area contributed by atoms with Gasteiger partial charge < -0.3 is 19.7 Å². The molecule has 1 aliphatic rings. The lowest BCUT2D eigenvalue weighted by molar-refractivity contribution is -0.142. The predicted molar refractivity (Wildman–Crippen MR) is 161 cm³/mol. The average molecular weight is 612 g/mol. The molecule has 0 aliphatic carbocycles. The zero-order valence-corrected chi connectivity index (χ0v) is 24.7. The Bertz CT molecular complexity index is 1440. The van der Waals surface area contributed by atoms with Crippen molar-refractivity contribution in [3.63, 3.8) is 0 Å². The molecule has 11 heteroatoms. The van der Waals surface area contributed by atoms with Gasteiger partial charge >= 0.3 is 0 Å². The van der Waals surface area contributed by atoms with Crippen LogP contribution in [0, 0.1) is 0 Å². The van der Waals surface area contributed by atoms with Crippen molar-refractivity contribution < 1.29 is 27.5 Å². The molecule has 42 heavy (non-hydrogen) atoms. The van der Waals surface area contributed by atoms with E-state index in [4.69, 9.17) is 21.1 Å². The van der Waals surface area contributed by atoms with Gasteiger partial charge in [-0.3, -0.25) is 9.59 Å². The summed E-state index contributed by atoms with van der Waals surface area (Å²) in [6.45, 7) is 5.01. The van der Waals surface area contributed by atoms with E-state index in [9.17, 15) is 18.0 Å². The fraction of sp³-hybridized carbons (Fsp3) is 0.290. The summed E-state index contributed by atoms with van der Waals surface area (Å²) in [6.07, 6.45) is 1.87. The number of carbonyl (C=O) groups excluding carboxylic acids is 2. The van der Waals surface area contributed by atoms with Crippen LogP contribution in [0.2, 0.25) is 5.02 Å². The molecule has 1 fully saturated rings. The first-order chi connectivity index (χ1) is 20.3. The van der Waals surface area contributed by atoms with Gasteiger partial charge in [0.1, 0.15) is 11.8 Å². The molecule has 1 aliphatic heterocycles. The fourth-order valence-electron chi connectivity index (χ4n) is 4.50. The molecule has 0 unspecified atom stereocenters. The second kappa shape index (κ2) is 15.0. The molecule has 3 aromatic carbocycles. The van der Waals surface area contributed by atoms with E-state index in [0.29, 0.717) is 37.1 Å². The van der Waals surface area contributed by atoms with Gasteiger partial charge in [0, 0.05) is 37.6 Å². The molecule has 1 atom stereocenters. The SMILES string of the molecule is C=CCNC(=O)[C@H](Cc1ccccc1)N(Cc1ccc(Cl)cc1)C(=O)COc1ccc(S(=O)(=O)N2CCOCC2)cc1. The molecular weight excluding hydrogens is 578 g/mol.